The molecule has 2 nitrogen and oxygen atoms in total. The molecule has 0 bridgehead atoms. The predicted molar refractivity (Wildman–Crippen MR) is 121 cm³/mol. The van der Waals surface area contributed by atoms with E-state index in [0.717, 1.165) is 17.7 Å². The molecule has 1 atom stereocenters. The van der Waals surface area contributed by atoms with E-state index in [4.69, 9.17) is 0 Å². The number of hydrogen-bond donors (Lipinski definition) is 1. The summed E-state index contributed by atoms with van der Waals surface area (Å²) in [6.45, 7) is 11.5. The second-order valence-electron chi connectivity index (χ2n) is 7.41. The Morgan fingerprint density at radius 3 is 2.43 bits per heavy atom. The van der Waals surface area contributed by atoms with Gasteiger partial charge in [-0.05, 0) is 81.7 Å². The standard InChI is InChI=1S/C21H23NO.C3H6.C2H6/c1-14-5-4-6-16(11-14)21-18(15-8-9-15)12-17(13-20(21)23)19-7-2-3-10-22-19;1-3-2;1-2/h2-3,7,10-13,15-16,23H,4-6,8-9H2,1H3;3H,1H2,2H3;1-2H3. The van der Waals surface area contributed by atoms with E-state index >= 15 is 0 Å². The van der Waals surface area contributed by atoms with Gasteiger partial charge in [-0.15, -0.1) is 6.58 Å². The molecule has 1 N–H and O–H groups in total. The fraction of sp³-hybridized carbons (Fsp3) is 0.423. The molecule has 0 spiro atoms. The van der Waals surface area contributed by atoms with E-state index in [1.807, 2.05) is 51.2 Å². The van der Waals surface area contributed by atoms with Gasteiger partial charge in [0, 0.05) is 23.2 Å². The first-order chi connectivity index (χ1) is 13.6. The van der Waals surface area contributed by atoms with Gasteiger partial charge in [0.25, 0.3) is 0 Å². The van der Waals surface area contributed by atoms with Gasteiger partial charge in [0.1, 0.15) is 5.75 Å². The van der Waals surface area contributed by atoms with Crippen molar-refractivity contribution in [2.75, 3.05) is 0 Å². The highest BCUT2D eigenvalue weighted by molar-refractivity contribution is 5.66. The predicted octanol–water partition coefficient (Wildman–Crippen LogP) is 7.76. The van der Waals surface area contributed by atoms with Gasteiger partial charge in [0.05, 0.1) is 5.69 Å². The van der Waals surface area contributed by atoms with Crippen LogP contribution in [0.3, 0.4) is 0 Å². The summed E-state index contributed by atoms with van der Waals surface area (Å²) < 4.78 is 0. The molecule has 2 aliphatic rings. The minimum Gasteiger partial charge on any atom is -0.508 e. The maximum Gasteiger partial charge on any atom is 0.120 e. The first-order valence-corrected chi connectivity index (χ1v) is 10.7. The quantitative estimate of drug-likeness (QED) is 0.554. The normalized spacial score (nSPS) is 18.0. The molecule has 28 heavy (non-hydrogen) atoms. The van der Waals surface area contributed by atoms with Gasteiger partial charge in [-0.2, -0.15) is 0 Å². The maximum absolute atomic E-state index is 10.8. The zero-order valence-corrected chi connectivity index (χ0v) is 17.9. The minimum atomic E-state index is 0.372. The van der Waals surface area contributed by atoms with Crippen molar-refractivity contribution < 1.29 is 5.11 Å². The molecule has 1 aromatic carbocycles. The van der Waals surface area contributed by atoms with Crippen LogP contribution < -0.4 is 0 Å². The largest absolute Gasteiger partial charge is 0.508 e. The number of phenolic OH excluding ortho intramolecular Hbond substituents is 1. The third kappa shape index (κ3) is 5.58. The molecule has 150 valence electrons. The lowest BCUT2D eigenvalue weighted by Gasteiger charge is -2.24. The van der Waals surface area contributed by atoms with Crippen molar-refractivity contribution in [3.05, 3.63) is 72.0 Å². The number of allylic oxidation sites excluding steroid dienone is 3. The lowest BCUT2D eigenvalue weighted by molar-refractivity contribution is 0.460. The number of hydrogen-bond acceptors (Lipinski definition) is 2. The molecule has 2 aliphatic carbocycles. The molecule has 1 fully saturated rings. The van der Waals surface area contributed by atoms with Crippen molar-refractivity contribution in [3.63, 3.8) is 0 Å². The van der Waals surface area contributed by atoms with Gasteiger partial charge in [0.2, 0.25) is 0 Å². The van der Waals surface area contributed by atoms with E-state index in [0.29, 0.717) is 17.6 Å². The molecular formula is C26H35NO. The molecule has 2 heteroatoms. The second-order valence-corrected chi connectivity index (χ2v) is 7.41. The summed E-state index contributed by atoms with van der Waals surface area (Å²) in [6.07, 6.45) is 12.0. The van der Waals surface area contributed by atoms with Crippen LogP contribution in [-0.2, 0) is 0 Å². The highest BCUT2D eigenvalue weighted by Crippen LogP contribution is 2.49. The van der Waals surface area contributed by atoms with Crippen LogP contribution in [0.15, 0.2) is 60.8 Å². The number of benzene rings is 1. The molecule has 0 radical (unpaired) electrons. The topological polar surface area (TPSA) is 33.1 Å². The average molecular weight is 378 g/mol. The van der Waals surface area contributed by atoms with Crippen molar-refractivity contribution in [2.24, 2.45) is 0 Å². The number of phenols is 1. The SMILES string of the molecule is C=CC.CC.CC1=CC(c2c(O)cc(-c3ccccn3)cc2C2CC2)CCC1. The smallest absolute Gasteiger partial charge is 0.120 e. The van der Waals surface area contributed by atoms with Gasteiger partial charge in [-0.25, -0.2) is 0 Å². The lowest BCUT2D eigenvalue weighted by Crippen LogP contribution is -2.06. The maximum atomic E-state index is 10.8. The summed E-state index contributed by atoms with van der Waals surface area (Å²) >= 11 is 0. The number of pyridine rings is 1. The number of nitrogens with zero attached hydrogens (tertiary/aromatic N) is 1. The van der Waals surface area contributed by atoms with Crippen LogP contribution in [0.1, 0.15) is 82.8 Å². The van der Waals surface area contributed by atoms with Crippen LogP contribution >= 0.6 is 0 Å². The Kier molecular flexibility index (Phi) is 8.50. The van der Waals surface area contributed by atoms with E-state index in [1.165, 1.54) is 42.4 Å². The fourth-order valence-corrected chi connectivity index (χ4v) is 3.82. The van der Waals surface area contributed by atoms with Crippen LogP contribution in [-0.4, -0.2) is 10.1 Å². The van der Waals surface area contributed by atoms with E-state index < -0.39 is 0 Å². The van der Waals surface area contributed by atoms with Crippen LogP contribution in [0.25, 0.3) is 11.3 Å². The number of aromatic nitrogens is 1. The van der Waals surface area contributed by atoms with E-state index in [1.54, 1.807) is 6.08 Å². The third-order valence-corrected chi connectivity index (χ3v) is 5.11. The molecule has 0 saturated heterocycles. The average Bonchev–Trinajstić information content (AvgIpc) is 3.55. The highest BCUT2D eigenvalue weighted by Gasteiger charge is 2.31. The molecule has 1 heterocycles. The van der Waals surface area contributed by atoms with Crippen LogP contribution in [0.5, 0.6) is 5.75 Å². The van der Waals surface area contributed by atoms with Crippen molar-refractivity contribution in [1.82, 2.24) is 4.98 Å². The summed E-state index contributed by atoms with van der Waals surface area (Å²) in [7, 11) is 0. The summed E-state index contributed by atoms with van der Waals surface area (Å²) in [5.74, 6) is 1.44. The third-order valence-electron chi connectivity index (χ3n) is 5.11. The van der Waals surface area contributed by atoms with E-state index in [9.17, 15) is 5.11 Å². The van der Waals surface area contributed by atoms with Gasteiger partial charge in [0.15, 0.2) is 0 Å². The molecular weight excluding hydrogens is 342 g/mol. The second kappa shape index (κ2) is 10.8. The molecule has 2 aromatic rings. The molecule has 0 amide bonds. The summed E-state index contributed by atoms with van der Waals surface area (Å²) in [4.78, 5) is 4.44. The first kappa shape index (κ1) is 21.9. The Balaban J connectivity index is 0.000000514. The van der Waals surface area contributed by atoms with Crippen molar-refractivity contribution in [2.45, 2.75) is 71.6 Å². The van der Waals surface area contributed by atoms with E-state index in [-0.39, 0.29) is 0 Å². The van der Waals surface area contributed by atoms with Crippen molar-refractivity contribution in [3.8, 4) is 17.0 Å². The van der Waals surface area contributed by atoms with Gasteiger partial charge < -0.3 is 5.11 Å². The summed E-state index contributed by atoms with van der Waals surface area (Å²) in [5, 5.41) is 10.8. The monoisotopic (exact) mass is 377 g/mol. The molecule has 4 rings (SSSR count). The number of rotatable bonds is 3. The molecule has 1 unspecified atom stereocenters. The molecule has 1 aromatic heterocycles. The zero-order chi connectivity index (χ0) is 20.5. The Morgan fingerprint density at radius 1 is 1.14 bits per heavy atom. The zero-order valence-electron chi connectivity index (χ0n) is 17.9. The highest BCUT2D eigenvalue weighted by atomic mass is 16.3. The molecule has 1 saturated carbocycles. The summed E-state index contributed by atoms with van der Waals surface area (Å²) in [5.41, 5.74) is 5.95. The Bertz CT molecular complexity index is 788. The van der Waals surface area contributed by atoms with Crippen molar-refractivity contribution in [1.29, 1.82) is 0 Å². The van der Waals surface area contributed by atoms with Crippen molar-refractivity contribution >= 4 is 0 Å². The summed E-state index contributed by atoms with van der Waals surface area (Å²) in [6, 6.07) is 10.1. The Labute approximate surface area is 171 Å². The molecule has 0 aliphatic heterocycles. The minimum absolute atomic E-state index is 0.372. The van der Waals surface area contributed by atoms with Crippen LogP contribution in [0.4, 0.5) is 0 Å². The Hall–Kier alpha value is -2.35. The van der Waals surface area contributed by atoms with Gasteiger partial charge >= 0.3 is 0 Å². The number of aromatic hydroxyl groups is 1. The van der Waals surface area contributed by atoms with Gasteiger partial charge in [-0.3, -0.25) is 4.98 Å². The first-order valence-electron chi connectivity index (χ1n) is 10.7. The van der Waals surface area contributed by atoms with Gasteiger partial charge in [-0.1, -0.05) is 37.6 Å². The Morgan fingerprint density at radius 2 is 1.86 bits per heavy atom. The van der Waals surface area contributed by atoms with Crippen LogP contribution in [0.2, 0.25) is 0 Å². The van der Waals surface area contributed by atoms with Crippen LogP contribution in [0, 0.1) is 0 Å². The lowest BCUT2D eigenvalue weighted by atomic mass is 9.81. The fourth-order valence-electron chi connectivity index (χ4n) is 3.82. The van der Waals surface area contributed by atoms with E-state index in [2.05, 4.69) is 30.6 Å².